The molecule has 9 nitrogen and oxygen atoms in total. The van der Waals surface area contributed by atoms with Crippen LogP contribution in [-0.2, 0) is 16.4 Å². The molecule has 172 valence electrons. The lowest BCUT2D eigenvalue weighted by Crippen LogP contribution is -2.27. The summed E-state index contributed by atoms with van der Waals surface area (Å²) < 4.78 is 31.2. The van der Waals surface area contributed by atoms with Crippen LogP contribution in [0.1, 0.15) is 51.4 Å². The summed E-state index contributed by atoms with van der Waals surface area (Å²) >= 11 is 0. The summed E-state index contributed by atoms with van der Waals surface area (Å²) in [5.41, 5.74) is 1.09. The molecule has 0 spiro atoms. The number of benzene rings is 1. The molecule has 0 saturated carbocycles. The topological polar surface area (TPSA) is 126 Å². The van der Waals surface area contributed by atoms with Gasteiger partial charge in [-0.05, 0) is 42.9 Å². The highest BCUT2D eigenvalue weighted by Crippen LogP contribution is 2.23. The van der Waals surface area contributed by atoms with Crippen LogP contribution < -0.4 is 14.8 Å². The second kappa shape index (κ2) is 11.2. The van der Waals surface area contributed by atoms with E-state index in [1.54, 1.807) is 0 Å². The normalized spacial score (nSPS) is 13.6. The molecule has 0 saturated heterocycles. The first-order valence-corrected chi connectivity index (χ1v) is 12.3. The molecular weight excluding hydrogens is 418 g/mol. The van der Waals surface area contributed by atoms with Crippen molar-refractivity contribution >= 4 is 21.9 Å². The van der Waals surface area contributed by atoms with E-state index in [-0.39, 0.29) is 30.5 Å². The van der Waals surface area contributed by atoms with Gasteiger partial charge in [0.15, 0.2) is 0 Å². The third kappa shape index (κ3) is 8.66. The summed E-state index contributed by atoms with van der Waals surface area (Å²) in [7, 11) is -3.55. The Balaban J connectivity index is 2.26. The highest BCUT2D eigenvalue weighted by molar-refractivity contribution is 7.91. The van der Waals surface area contributed by atoms with Gasteiger partial charge in [0.2, 0.25) is 21.9 Å². The highest BCUT2D eigenvalue weighted by Gasteiger charge is 2.17. The van der Waals surface area contributed by atoms with Gasteiger partial charge in [-0.3, -0.25) is 4.72 Å². The molecule has 0 radical (unpaired) electrons. The summed E-state index contributed by atoms with van der Waals surface area (Å²) in [6.45, 7) is 8.61. The molecule has 1 aromatic heterocycles. The maximum absolute atomic E-state index is 11.7. The minimum atomic E-state index is -3.55. The molecule has 0 aliphatic rings. The molecule has 2 rings (SSSR count). The molecule has 10 heteroatoms. The monoisotopic (exact) mass is 451 g/mol. The summed E-state index contributed by atoms with van der Waals surface area (Å²) in [5, 5.41) is 12.8. The molecule has 2 unspecified atom stereocenters. The van der Waals surface area contributed by atoms with Crippen molar-refractivity contribution in [2.45, 2.75) is 52.5 Å². The second-order valence-corrected chi connectivity index (χ2v) is 9.78. The van der Waals surface area contributed by atoms with Crippen molar-refractivity contribution in [3.63, 3.8) is 0 Å². The second-order valence-electron chi connectivity index (χ2n) is 8.03. The van der Waals surface area contributed by atoms with Crippen molar-refractivity contribution < 1.29 is 18.3 Å². The first-order chi connectivity index (χ1) is 14.6. The van der Waals surface area contributed by atoms with Gasteiger partial charge in [0.1, 0.15) is 11.6 Å². The predicted molar refractivity (Wildman–Crippen MR) is 122 cm³/mol. The van der Waals surface area contributed by atoms with Gasteiger partial charge in [-0.2, -0.15) is 15.0 Å². The summed E-state index contributed by atoms with van der Waals surface area (Å²) in [4.78, 5) is 12.9. The number of sulfonamides is 1. The molecule has 0 aliphatic carbocycles. The van der Waals surface area contributed by atoms with Gasteiger partial charge in [-0.15, -0.1) is 0 Å². The highest BCUT2D eigenvalue weighted by atomic mass is 32.2. The van der Waals surface area contributed by atoms with Crippen LogP contribution in [0.15, 0.2) is 24.3 Å². The lowest BCUT2D eigenvalue weighted by atomic mass is 9.97. The molecule has 0 fully saturated rings. The molecule has 0 amide bonds. The number of aromatic nitrogens is 3. The van der Waals surface area contributed by atoms with Crippen LogP contribution in [0.5, 0.6) is 5.75 Å². The molecule has 31 heavy (non-hydrogen) atoms. The van der Waals surface area contributed by atoms with Crippen molar-refractivity contribution in [1.82, 2.24) is 15.0 Å². The Morgan fingerprint density at radius 3 is 2.26 bits per heavy atom. The van der Waals surface area contributed by atoms with Gasteiger partial charge >= 0.3 is 0 Å². The van der Waals surface area contributed by atoms with E-state index < -0.39 is 10.0 Å². The SMILES string of the molecule is CCOc1ccc(C(C)Cc2nc(NC(CO)CC(C)C)nc(NS(C)(=O)=O)n2)cc1. The van der Waals surface area contributed by atoms with Gasteiger partial charge in [0.25, 0.3) is 0 Å². The molecular formula is C21H33N5O4S. The Hall–Kier alpha value is -2.46. The van der Waals surface area contributed by atoms with Crippen LogP contribution >= 0.6 is 0 Å². The van der Waals surface area contributed by atoms with Gasteiger partial charge in [0.05, 0.1) is 25.5 Å². The number of hydrogen-bond acceptors (Lipinski definition) is 8. The third-order valence-electron chi connectivity index (χ3n) is 4.52. The van der Waals surface area contributed by atoms with Crippen molar-refractivity contribution in [2.24, 2.45) is 5.92 Å². The Bertz CT molecular complexity index is 935. The average molecular weight is 452 g/mol. The fraction of sp³-hybridized carbons (Fsp3) is 0.571. The summed E-state index contributed by atoms with van der Waals surface area (Å²) in [6.07, 6.45) is 2.24. The molecule has 1 heterocycles. The molecule has 0 bridgehead atoms. The molecule has 2 atom stereocenters. The number of aliphatic hydroxyl groups excluding tert-OH is 1. The van der Waals surface area contributed by atoms with E-state index in [2.05, 4.69) is 38.8 Å². The Morgan fingerprint density at radius 2 is 1.71 bits per heavy atom. The summed E-state index contributed by atoms with van der Waals surface area (Å²) in [6, 6.07) is 7.59. The number of anilines is 2. The van der Waals surface area contributed by atoms with Gasteiger partial charge < -0.3 is 15.2 Å². The largest absolute Gasteiger partial charge is 0.494 e. The first-order valence-electron chi connectivity index (χ1n) is 10.4. The molecule has 2 aromatic rings. The quantitative estimate of drug-likeness (QED) is 0.450. The number of nitrogens with one attached hydrogen (secondary N) is 2. The zero-order valence-corrected chi connectivity index (χ0v) is 19.6. The number of rotatable bonds is 12. The van der Waals surface area contributed by atoms with Gasteiger partial charge in [0, 0.05) is 6.42 Å². The zero-order valence-electron chi connectivity index (χ0n) is 18.8. The van der Waals surface area contributed by atoms with Gasteiger partial charge in [-0.25, -0.2) is 8.42 Å². The van der Waals surface area contributed by atoms with Crippen LogP contribution in [0.4, 0.5) is 11.9 Å². The Morgan fingerprint density at radius 1 is 1.06 bits per heavy atom. The number of nitrogens with zero attached hydrogens (tertiary/aromatic N) is 3. The minimum absolute atomic E-state index is 0.0462. The van der Waals surface area contributed by atoms with Crippen LogP contribution in [-0.4, -0.2) is 54.0 Å². The van der Waals surface area contributed by atoms with E-state index in [0.29, 0.717) is 24.8 Å². The Labute approximate surface area is 184 Å². The lowest BCUT2D eigenvalue weighted by Gasteiger charge is -2.19. The molecule has 3 N–H and O–H groups in total. The van der Waals surface area contributed by atoms with Crippen molar-refractivity contribution in [1.29, 1.82) is 0 Å². The average Bonchev–Trinajstić information content (AvgIpc) is 2.66. The van der Waals surface area contributed by atoms with E-state index in [1.165, 1.54) is 0 Å². The number of aliphatic hydroxyl groups is 1. The fourth-order valence-corrected chi connectivity index (χ4v) is 3.59. The zero-order chi connectivity index (χ0) is 23.0. The molecule has 0 aliphatic heterocycles. The third-order valence-corrected chi connectivity index (χ3v) is 5.07. The predicted octanol–water partition coefficient (Wildman–Crippen LogP) is 2.81. The Kier molecular flexibility index (Phi) is 9.00. The van der Waals surface area contributed by atoms with Crippen LogP contribution in [0.2, 0.25) is 0 Å². The lowest BCUT2D eigenvalue weighted by molar-refractivity contribution is 0.259. The van der Waals surface area contributed by atoms with Crippen LogP contribution in [0, 0.1) is 5.92 Å². The van der Waals surface area contributed by atoms with Gasteiger partial charge in [-0.1, -0.05) is 32.9 Å². The number of hydrogen-bond donors (Lipinski definition) is 3. The van der Waals surface area contributed by atoms with Crippen molar-refractivity contribution in [3.8, 4) is 5.75 Å². The van der Waals surface area contributed by atoms with Crippen LogP contribution in [0.3, 0.4) is 0 Å². The van der Waals surface area contributed by atoms with E-state index >= 15 is 0 Å². The summed E-state index contributed by atoms with van der Waals surface area (Å²) in [5.74, 6) is 1.89. The van der Waals surface area contributed by atoms with Crippen LogP contribution in [0.25, 0.3) is 0 Å². The number of ether oxygens (including phenoxy) is 1. The van der Waals surface area contributed by atoms with E-state index in [0.717, 1.165) is 24.0 Å². The van der Waals surface area contributed by atoms with E-state index in [1.807, 2.05) is 38.1 Å². The standard InChI is InChI=1S/C21H33N5O4S/c1-6-30-18-9-7-16(8-10-18)15(4)12-19-23-20(22-17(13-27)11-14(2)3)25-21(24-19)26-31(5,28)29/h7-10,14-15,17,27H,6,11-13H2,1-5H3,(H2,22,23,24,25,26). The van der Waals surface area contributed by atoms with Crippen molar-refractivity contribution in [3.05, 3.63) is 35.7 Å². The maximum atomic E-state index is 11.7. The smallest absolute Gasteiger partial charge is 0.241 e. The van der Waals surface area contributed by atoms with Crippen molar-refractivity contribution in [2.75, 3.05) is 29.5 Å². The maximum Gasteiger partial charge on any atom is 0.241 e. The minimum Gasteiger partial charge on any atom is -0.494 e. The van der Waals surface area contributed by atoms with E-state index in [4.69, 9.17) is 4.74 Å². The van der Waals surface area contributed by atoms with E-state index in [9.17, 15) is 13.5 Å². The fourth-order valence-electron chi connectivity index (χ4n) is 3.17. The first kappa shape index (κ1) is 24.8. The molecule has 1 aromatic carbocycles.